The maximum Gasteiger partial charge on any atom is 0.191 e. The van der Waals surface area contributed by atoms with Crippen molar-refractivity contribution in [2.45, 2.75) is 13.5 Å². The molecule has 0 fully saturated rings. The summed E-state index contributed by atoms with van der Waals surface area (Å²) < 4.78 is 4.98. The van der Waals surface area contributed by atoms with Crippen molar-refractivity contribution in [1.29, 1.82) is 5.26 Å². The minimum atomic E-state index is 0.540. The van der Waals surface area contributed by atoms with Crippen molar-refractivity contribution < 1.29 is 4.74 Å². The molecular weight excluding hydrogens is 240 g/mol. The third-order valence-corrected chi connectivity index (χ3v) is 2.42. The Morgan fingerprint density at radius 3 is 2.95 bits per heavy atom. The van der Waals surface area contributed by atoms with Gasteiger partial charge in [-0.15, -0.1) is 0 Å². The largest absolute Gasteiger partial charge is 0.383 e. The van der Waals surface area contributed by atoms with Gasteiger partial charge in [-0.25, -0.2) is 4.99 Å². The van der Waals surface area contributed by atoms with Crippen LogP contribution in [0.4, 0.5) is 0 Å². The third-order valence-electron chi connectivity index (χ3n) is 2.42. The summed E-state index contributed by atoms with van der Waals surface area (Å²) in [5, 5.41) is 15.2. The molecule has 0 heterocycles. The monoisotopic (exact) mass is 260 g/mol. The number of benzene rings is 1. The van der Waals surface area contributed by atoms with E-state index in [1.165, 1.54) is 0 Å². The van der Waals surface area contributed by atoms with Gasteiger partial charge in [0.25, 0.3) is 0 Å². The van der Waals surface area contributed by atoms with Crippen LogP contribution in [-0.2, 0) is 11.3 Å². The SMILES string of the molecule is CCNC(=NCc1cccc(C#N)c1)NCCOC. The van der Waals surface area contributed by atoms with Crippen molar-refractivity contribution in [3.8, 4) is 6.07 Å². The van der Waals surface area contributed by atoms with Gasteiger partial charge in [0.2, 0.25) is 0 Å². The molecule has 5 heteroatoms. The van der Waals surface area contributed by atoms with Crippen LogP contribution in [0.1, 0.15) is 18.1 Å². The highest BCUT2D eigenvalue weighted by Crippen LogP contribution is 2.05. The second-order valence-corrected chi connectivity index (χ2v) is 3.93. The van der Waals surface area contributed by atoms with E-state index in [1.807, 2.05) is 25.1 Å². The number of nitrogens with one attached hydrogen (secondary N) is 2. The number of hydrogen-bond donors (Lipinski definition) is 2. The van der Waals surface area contributed by atoms with Gasteiger partial charge in [0.1, 0.15) is 0 Å². The van der Waals surface area contributed by atoms with Gasteiger partial charge in [-0.3, -0.25) is 0 Å². The van der Waals surface area contributed by atoms with Crippen LogP contribution in [0.5, 0.6) is 0 Å². The fraction of sp³-hybridized carbons (Fsp3) is 0.429. The molecular formula is C14H20N4O. The quantitative estimate of drug-likeness (QED) is 0.459. The summed E-state index contributed by atoms with van der Waals surface area (Å²) in [5.74, 6) is 0.752. The molecule has 0 unspecified atom stereocenters. The van der Waals surface area contributed by atoms with Gasteiger partial charge in [0, 0.05) is 20.2 Å². The summed E-state index contributed by atoms with van der Waals surface area (Å²) in [7, 11) is 1.67. The molecule has 1 rings (SSSR count). The Morgan fingerprint density at radius 1 is 1.42 bits per heavy atom. The lowest BCUT2D eigenvalue weighted by atomic mass is 10.1. The van der Waals surface area contributed by atoms with Crippen molar-refractivity contribution in [2.75, 3.05) is 26.8 Å². The summed E-state index contributed by atoms with van der Waals surface area (Å²) in [6.45, 7) is 4.70. The van der Waals surface area contributed by atoms with Crippen LogP contribution in [0.3, 0.4) is 0 Å². The zero-order chi connectivity index (χ0) is 13.9. The fourth-order valence-electron chi connectivity index (χ4n) is 1.52. The van der Waals surface area contributed by atoms with Gasteiger partial charge >= 0.3 is 0 Å². The second kappa shape index (κ2) is 8.95. The molecule has 0 aliphatic rings. The molecule has 5 nitrogen and oxygen atoms in total. The summed E-state index contributed by atoms with van der Waals surface area (Å²) in [6, 6.07) is 9.59. The Bertz CT molecular complexity index is 451. The van der Waals surface area contributed by atoms with E-state index in [0.29, 0.717) is 25.3 Å². The van der Waals surface area contributed by atoms with Gasteiger partial charge in [-0.1, -0.05) is 12.1 Å². The van der Waals surface area contributed by atoms with Crippen molar-refractivity contribution in [3.63, 3.8) is 0 Å². The smallest absolute Gasteiger partial charge is 0.191 e. The maximum atomic E-state index is 8.84. The molecule has 0 aromatic heterocycles. The number of methoxy groups -OCH3 is 1. The first kappa shape index (κ1) is 15.0. The van der Waals surface area contributed by atoms with Gasteiger partial charge < -0.3 is 15.4 Å². The molecule has 0 spiro atoms. The first-order chi connectivity index (χ1) is 9.30. The molecule has 2 N–H and O–H groups in total. The maximum absolute atomic E-state index is 8.84. The molecule has 0 aliphatic heterocycles. The molecule has 0 saturated heterocycles. The van der Waals surface area contributed by atoms with Gasteiger partial charge in [0.05, 0.1) is 24.8 Å². The molecule has 0 radical (unpaired) electrons. The molecule has 1 aromatic carbocycles. The van der Waals surface area contributed by atoms with E-state index in [-0.39, 0.29) is 0 Å². The molecule has 0 bridgehead atoms. The number of nitrogens with zero attached hydrogens (tertiary/aromatic N) is 2. The highest BCUT2D eigenvalue weighted by atomic mass is 16.5. The zero-order valence-corrected chi connectivity index (χ0v) is 11.4. The zero-order valence-electron chi connectivity index (χ0n) is 11.4. The predicted octanol–water partition coefficient (Wildman–Crippen LogP) is 1.26. The van der Waals surface area contributed by atoms with Crippen LogP contribution in [0, 0.1) is 11.3 Å². The van der Waals surface area contributed by atoms with E-state index in [0.717, 1.165) is 18.1 Å². The number of guanidine groups is 1. The number of nitriles is 1. The van der Waals surface area contributed by atoms with E-state index >= 15 is 0 Å². The normalized spacial score (nSPS) is 10.9. The van der Waals surface area contributed by atoms with Crippen molar-refractivity contribution in [2.24, 2.45) is 4.99 Å². The Kier molecular flexibility index (Phi) is 7.06. The minimum absolute atomic E-state index is 0.540. The minimum Gasteiger partial charge on any atom is -0.383 e. The lowest BCUT2D eigenvalue weighted by Gasteiger charge is -2.10. The van der Waals surface area contributed by atoms with E-state index in [1.54, 1.807) is 13.2 Å². The van der Waals surface area contributed by atoms with Crippen LogP contribution in [0.2, 0.25) is 0 Å². The standard InChI is InChI=1S/C14H20N4O/c1-3-16-14(17-7-8-19-2)18-11-13-6-4-5-12(9-13)10-15/h4-6,9H,3,7-8,11H2,1-2H3,(H2,16,17,18). The second-order valence-electron chi connectivity index (χ2n) is 3.93. The molecule has 102 valence electrons. The number of ether oxygens (including phenoxy) is 1. The van der Waals surface area contributed by atoms with Gasteiger partial charge in [-0.05, 0) is 24.6 Å². The van der Waals surface area contributed by atoms with E-state index in [4.69, 9.17) is 10.00 Å². The molecule has 19 heavy (non-hydrogen) atoms. The van der Waals surface area contributed by atoms with E-state index in [2.05, 4.69) is 21.7 Å². The fourth-order valence-corrected chi connectivity index (χ4v) is 1.52. The predicted molar refractivity (Wildman–Crippen MR) is 75.9 cm³/mol. The highest BCUT2D eigenvalue weighted by molar-refractivity contribution is 5.79. The van der Waals surface area contributed by atoms with Gasteiger partial charge in [-0.2, -0.15) is 5.26 Å². The van der Waals surface area contributed by atoms with Crippen LogP contribution in [0.25, 0.3) is 0 Å². The molecule has 0 aliphatic carbocycles. The Morgan fingerprint density at radius 2 is 2.26 bits per heavy atom. The third kappa shape index (κ3) is 5.89. The average Bonchev–Trinajstić information content (AvgIpc) is 2.45. The van der Waals surface area contributed by atoms with Crippen LogP contribution in [0.15, 0.2) is 29.3 Å². The van der Waals surface area contributed by atoms with Crippen molar-refractivity contribution >= 4 is 5.96 Å². The van der Waals surface area contributed by atoms with Crippen molar-refractivity contribution in [3.05, 3.63) is 35.4 Å². The average molecular weight is 260 g/mol. The van der Waals surface area contributed by atoms with Crippen molar-refractivity contribution in [1.82, 2.24) is 10.6 Å². The lowest BCUT2D eigenvalue weighted by Crippen LogP contribution is -2.38. The first-order valence-corrected chi connectivity index (χ1v) is 6.30. The highest BCUT2D eigenvalue weighted by Gasteiger charge is 1.98. The molecule has 0 atom stereocenters. The Balaban J connectivity index is 2.60. The Hall–Kier alpha value is -2.06. The summed E-state index contributed by atoms with van der Waals surface area (Å²) in [4.78, 5) is 4.46. The van der Waals surface area contributed by atoms with E-state index < -0.39 is 0 Å². The topological polar surface area (TPSA) is 69.4 Å². The molecule has 0 amide bonds. The molecule has 0 saturated carbocycles. The number of aliphatic imine (C=N–C) groups is 1. The summed E-state index contributed by atoms with van der Waals surface area (Å²) in [5.41, 5.74) is 1.67. The molecule has 1 aromatic rings. The number of rotatable bonds is 6. The summed E-state index contributed by atoms with van der Waals surface area (Å²) >= 11 is 0. The first-order valence-electron chi connectivity index (χ1n) is 6.30. The van der Waals surface area contributed by atoms with Crippen LogP contribution in [-0.4, -0.2) is 32.8 Å². The van der Waals surface area contributed by atoms with Gasteiger partial charge in [0.15, 0.2) is 5.96 Å². The van der Waals surface area contributed by atoms with E-state index in [9.17, 15) is 0 Å². The summed E-state index contributed by atoms with van der Waals surface area (Å²) in [6.07, 6.45) is 0. The Labute approximate surface area is 114 Å². The lowest BCUT2D eigenvalue weighted by molar-refractivity contribution is 0.203. The van der Waals surface area contributed by atoms with Crippen LogP contribution >= 0.6 is 0 Å². The number of hydrogen-bond acceptors (Lipinski definition) is 3. The van der Waals surface area contributed by atoms with Crippen LogP contribution < -0.4 is 10.6 Å².